The molecule has 0 radical (unpaired) electrons. The smallest absolute Gasteiger partial charge is 0.391 e. The monoisotopic (exact) mass is 290 g/mol. The van der Waals surface area contributed by atoms with E-state index >= 15 is 0 Å². The number of alkyl halides is 3. The Morgan fingerprint density at radius 2 is 2.00 bits per heavy atom. The summed E-state index contributed by atoms with van der Waals surface area (Å²) in [5.74, 6) is -0.289. The number of aliphatic hydroxyl groups excluding tert-OH is 1. The van der Waals surface area contributed by atoms with E-state index in [1.807, 2.05) is 17.8 Å². The molecular weight excluding hydrogens is 269 g/mol. The summed E-state index contributed by atoms with van der Waals surface area (Å²) in [7, 11) is 1.89. The van der Waals surface area contributed by atoms with Crippen LogP contribution in [0.3, 0.4) is 0 Å². The molecule has 0 aromatic carbocycles. The molecule has 114 valence electrons. The first-order valence-electron chi connectivity index (χ1n) is 7.09. The van der Waals surface area contributed by atoms with E-state index in [2.05, 4.69) is 4.98 Å². The van der Waals surface area contributed by atoms with E-state index in [0.717, 1.165) is 5.82 Å². The number of aryl methyl sites for hydroxylation is 2. The van der Waals surface area contributed by atoms with Gasteiger partial charge in [0.25, 0.3) is 0 Å². The molecular formula is C14H21F3N2O. The second kappa shape index (κ2) is 6.16. The molecule has 1 fully saturated rings. The van der Waals surface area contributed by atoms with Crippen LogP contribution >= 0.6 is 0 Å². The van der Waals surface area contributed by atoms with Gasteiger partial charge in [-0.3, -0.25) is 0 Å². The summed E-state index contributed by atoms with van der Waals surface area (Å²) in [5, 5.41) is 10.1. The lowest BCUT2D eigenvalue weighted by atomic mass is 9.78. The second-order valence-electron chi connectivity index (χ2n) is 5.71. The molecule has 20 heavy (non-hydrogen) atoms. The minimum atomic E-state index is -4.08. The van der Waals surface area contributed by atoms with Gasteiger partial charge in [0, 0.05) is 25.9 Å². The zero-order chi connectivity index (χ0) is 14.8. The van der Waals surface area contributed by atoms with Gasteiger partial charge in [0.05, 0.1) is 12.0 Å². The Hall–Kier alpha value is -1.04. The molecule has 1 N–H and O–H groups in total. The molecule has 1 aliphatic carbocycles. The molecule has 6 heteroatoms. The summed E-state index contributed by atoms with van der Waals surface area (Å²) in [6, 6.07) is 0. The van der Waals surface area contributed by atoms with Crippen molar-refractivity contribution >= 4 is 0 Å². The second-order valence-corrected chi connectivity index (χ2v) is 5.71. The molecule has 1 aromatic rings. The largest absolute Gasteiger partial charge is 0.393 e. The summed E-state index contributed by atoms with van der Waals surface area (Å²) in [5.41, 5.74) is 0. The Labute approximate surface area is 116 Å². The van der Waals surface area contributed by atoms with Gasteiger partial charge >= 0.3 is 6.18 Å². The van der Waals surface area contributed by atoms with Crippen LogP contribution in [0.15, 0.2) is 12.4 Å². The Bertz CT molecular complexity index is 422. The van der Waals surface area contributed by atoms with Crippen molar-refractivity contribution in [2.24, 2.45) is 18.9 Å². The lowest BCUT2D eigenvalue weighted by molar-refractivity contribution is -0.185. The third kappa shape index (κ3) is 3.75. The van der Waals surface area contributed by atoms with Gasteiger partial charge in [-0.1, -0.05) is 0 Å². The number of aliphatic hydroxyl groups is 1. The zero-order valence-electron chi connectivity index (χ0n) is 11.6. The van der Waals surface area contributed by atoms with Gasteiger partial charge in [-0.15, -0.1) is 0 Å². The van der Waals surface area contributed by atoms with Crippen molar-refractivity contribution in [1.82, 2.24) is 9.55 Å². The minimum absolute atomic E-state index is 0.00568. The molecule has 0 amide bonds. The molecule has 1 unspecified atom stereocenters. The summed E-state index contributed by atoms with van der Waals surface area (Å²) < 4.78 is 39.6. The van der Waals surface area contributed by atoms with Crippen LogP contribution in [-0.4, -0.2) is 26.9 Å². The van der Waals surface area contributed by atoms with E-state index in [4.69, 9.17) is 0 Å². The van der Waals surface area contributed by atoms with Gasteiger partial charge in [-0.05, 0) is 38.0 Å². The lowest BCUT2D eigenvalue weighted by Gasteiger charge is -2.32. The summed E-state index contributed by atoms with van der Waals surface area (Å²) in [6.07, 6.45) is 1.38. The molecule has 0 bridgehead atoms. The van der Waals surface area contributed by atoms with E-state index < -0.39 is 18.2 Å². The first-order chi connectivity index (χ1) is 9.38. The molecule has 1 atom stereocenters. The number of imidazole rings is 1. The van der Waals surface area contributed by atoms with Crippen LogP contribution in [0.5, 0.6) is 0 Å². The van der Waals surface area contributed by atoms with E-state index in [1.54, 1.807) is 6.20 Å². The van der Waals surface area contributed by atoms with Crippen LogP contribution < -0.4 is 0 Å². The maximum absolute atomic E-state index is 12.6. The molecule has 3 nitrogen and oxygen atoms in total. The van der Waals surface area contributed by atoms with Gasteiger partial charge in [0.2, 0.25) is 0 Å². The van der Waals surface area contributed by atoms with Crippen molar-refractivity contribution in [3.8, 4) is 0 Å². The van der Waals surface area contributed by atoms with Gasteiger partial charge in [0.1, 0.15) is 5.82 Å². The van der Waals surface area contributed by atoms with E-state index in [1.165, 1.54) is 0 Å². The SMILES string of the molecule is Cn1ccnc1CCC(O)C1CCC(C(F)(F)F)CC1. The van der Waals surface area contributed by atoms with E-state index in [9.17, 15) is 18.3 Å². The predicted octanol–water partition coefficient (Wildman–Crippen LogP) is 3.08. The quantitative estimate of drug-likeness (QED) is 0.925. The van der Waals surface area contributed by atoms with Crippen LogP contribution in [-0.2, 0) is 13.5 Å². The highest BCUT2D eigenvalue weighted by molar-refractivity contribution is 4.92. The van der Waals surface area contributed by atoms with Crippen molar-refractivity contribution < 1.29 is 18.3 Å². The first-order valence-corrected chi connectivity index (χ1v) is 7.09. The lowest BCUT2D eigenvalue weighted by Crippen LogP contribution is -2.32. The average molecular weight is 290 g/mol. The Morgan fingerprint density at radius 3 is 2.50 bits per heavy atom. The molecule has 0 aliphatic heterocycles. The van der Waals surface area contributed by atoms with Gasteiger partial charge < -0.3 is 9.67 Å². The number of aromatic nitrogens is 2. The van der Waals surface area contributed by atoms with Crippen LogP contribution in [0.1, 0.15) is 37.9 Å². The average Bonchev–Trinajstić information content (AvgIpc) is 2.81. The Kier molecular flexibility index (Phi) is 4.73. The minimum Gasteiger partial charge on any atom is -0.393 e. The molecule has 2 rings (SSSR count). The van der Waals surface area contributed by atoms with Gasteiger partial charge in [0.15, 0.2) is 0 Å². The van der Waals surface area contributed by atoms with Crippen molar-refractivity contribution in [2.45, 2.75) is 50.8 Å². The molecule has 1 aromatic heterocycles. The number of rotatable bonds is 4. The van der Waals surface area contributed by atoms with E-state index in [0.29, 0.717) is 25.7 Å². The third-order valence-corrected chi connectivity index (χ3v) is 4.36. The van der Waals surface area contributed by atoms with E-state index in [-0.39, 0.29) is 18.8 Å². The maximum atomic E-state index is 12.6. The Balaban J connectivity index is 1.77. The summed E-state index contributed by atoms with van der Waals surface area (Å²) >= 11 is 0. The third-order valence-electron chi connectivity index (χ3n) is 4.36. The van der Waals surface area contributed by atoms with Crippen LogP contribution in [0, 0.1) is 11.8 Å². The normalized spacial score (nSPS) is 25.6. The highest BCUT2D eigenvalue weighted by Gasteiger charge is 2.42. The maximum Gasteiger partial charge on any atom is 0.391 e. The zero-order valence-corrected chi connectivity index (χ0v) is 11.6. The van der Waals surface area contributed by atoms with Crippen molar-refractivity contribution in [1.29, 1.82) is 0 Å². The molecule has 0 spiro atoms. The number of halogens is 3. The molecule has 1 aliphatic rings. The predicted molar refractivity (Wildman–Crippen MR) is 69.0 cm³/mol. The molecule has 1 saturated carbocycles. The van der Waals surface area contributed by atoms with Crippen molar-refractivity contribution in [2.75, 3.05) is 0 Å². The highest BCUT2D eigenvalue weighted by Crippen LogP contribution is 2.40. The summed E-state index contributed by atoms with van der Waals surface area (Å²) in [6.45, 7) is 0. The Morgan fingerprint density at radius 1 is 1.35 bits per heavy atom. The highest BCUT2D eigenvalue weighted by atomic mass is 19.4. The molecule has 1 heterocycles. The number of hydrogen-bond acceptors (Lipinski definition) is 2. The van der Waals surface area contributed by atoms with Crippen LogP contribution in [0.2, 0.25) is 0 Å². The number of nitrogens with zero attached hydrogens (tertiary/aromatic N) is 2. The van der Waals surface area contributed by atoms with Crippen molar-refractivity contribution in [3.05, 3.63) is 18.2 Å². The first kappa shape index (κ1) is 15.4. The fourth-order valence-electron chi connectivity index (χ4n) is 2.98. The topological polar surface area (TPSA) is 38.0 Å². The standard InChI is InChI=1S/C14H21F3N2O/c1-19-9-8-18-13(19)7-6-12(20)10-2-4-11(5-3-10)14(15,16)17/h8-12,20H,2-7H2,1H3. The van der Waals surface area contributed by atoms with Gasteiger partial charge in [-0.2, -0.15) is 13.2 Å². The fraction of sp³-hybridized carbons (Fsp3) is 0.786. The van der Waals surface area contributed by atoms with Crippen molar-refractivity contribution in [3.63, 3.8) is 0 Å². The number of hydrogen-bond donors (Lipinski definition) is 1. The van der Waals surface area contributed by atoms with Crippen LogP contribution in [0.25, 0.3) is 0 Å². The van der Waals surface area contributed by atoms with Crippen LogP contribution in [0.4, 0.5) is 13.2 Å². The van der Waals surface area contributed by atoms with Gasteiger partial charge in [-0.25, -0.2) is 4.98 Å². The molecule has 0 saturated heterocycles. The summed E-state index contributed by atoms with van der Waals surface area (Å²) in [4.78, 5) is 4.18. The fourth-order valence-corrected chi connectivity index (χ4v) is 2.98.